The predicted octanol–water partition coefficient (Wildman–Crippen LogP) is 1.41. The summed E-state index contributed by atoms with van der Waals surface area (Å²) >= 11 is 1.59. The molecule has 5 nitrogen and oxygen atoms in total. The van der Waals surface area contributed by atoms with Crippen LogP contribution in [0.4, 0.5) is 9.93 Å². The predicted molar refractivity (Wildman–Crippen MR) is 67.3 cm³/mol. The molecule has 0 saturated heterocycles. The van der Waals surface area contributed by atoms with Gasteiger partial charge in [0.1, 0.15) is 0 Å². The highest BCUT2D eigenvalue weighted by atomic mass is 32.1. The van der Waals surface area contributed by atoms with Crippen LogP contribution in [-0.4, -0.2) is 35.5 Å². The number of carbonyl (C=O) groups is 1. The number of nitrogens with zero attached hydrogens (tertiary/aromatic N) is 2. The number of hydrogen-bond donors (Lipinski definition) is 2. The minimum atomic E-state index is -0.119. The lowest BCUT2D eigenvalue weighted by Gasteiger charge is -2.20. The van der Waals surface area contributed by atoms with Crippen molar-refractivity contribution >= 4 is 22.5 Å². The Kier molecular flexibility index (Phi) is 2.76. The van der Waals surface area contributed by atoms with Crippen molar-refractivity contribution in [3.63, 3.8) is 0 Å². The monoisotopic (exact) mass is 252 g/mol. The molecule has 2 heterocycles. The number of carbonyl (C=O) groups excluding carboxylic acids is 1. The van der Waals surface area contributed by atoms with Crippen molar-refractivity contribution in [2.24, 2.45) is 0 Å². The molecule has 1 aromatic heterocycles. The van der Waals surface area contributed by atoms with E-state index in [0.29, 0.717) is 6.04 Å². The quantitative estimate of drug-likeness (QED) is 0.837. The highest BCUT2D eigenvalue weighted by Gasteiger charge is 2.24. The summed E-state index contributed by atoms with van der Waals surface area (Å²) < 4.78 is 0. The van der Waals surface area contributed by atoms with Crippen LogP contribution in [0.25, 0.3) is 0 Å². The van der Waals surface area contributed by atoms with E-state index < -0.39 is 0 Å². The Hall–Kier alpha value is -1.14. The van der Waals surface area contributed by atoms with Crippen LogP contribution in [-0.2, 0) is 13.0 Å². The van der Waals surface area contributed by atoms with Crippen molar-refractivity contribution in [1.82, 2.24) is 15.2 Å². The topological polar surface area (TPSA) is 57.3 Å². The number of hydrogen-bond acceptors (Lipinski definition) is 4. The maximum atomic E-state index is 11.6. The molecule has 0 aromatic carbocycles. The zero-order valence-electron chi connectivity index (χ0n) is 9.82. The van der Waals surface area contributed by atoms with Crippen LogP contribution < -0.4 is 10.6 Å². The van der Waals surface area contributed by atoms with Gasteiger partial charge in [0.15, 0.2) is 5.13 Å². The zero-order chi connectivity index (χ0) is 11.8. The Morgan fingerprint density at radius 3 is 3.12 bits per heavy atom. The van der Waals surface area contributed by atoms with Crippen LogP contribution in [0.3, 0.4) is 0 Å². The first-order chi connectivity index (χ1) is 8.20. The van der Waals surface area contributed by atoms with E-state index in [4.69, 9.17) is 0 Å². The molecule has 3 rings (SSSR count). The smallest absolute Gasteiger partial charge is 0.321 e. The van der Waals surface area contributed by atoms with Gasteiger partial charge in [-0.25, -0.2) is 9.78 Å². The van der Waals surface area contributed by atoms with Gasteiger partial charge in [-0.15, -0.1) is 11.3 Å². The van der Waals surface area contributed by atoms with Gasteiger partial charge in [-0.2, -0.15) is 0 Å². The first-order valence-electron chi connectivity index (χ1n) is 5.95. The number of aromatic nitrogens is 1. The van der Waals surface area contributed by atoms with E-state index >= 15 is 0 Å². The Bertz CT molecular complexity index is 441. The zero-order valence-corrected chi connectivity index (χ0v) is 10.6. The van der Waals surface area contributed by atoms with Gasteiger partial charge in [0.25, 0.3) is 0 Å². The van der Waals surface area contributed by atoms with Crippen LogP contribution in [0, 0.1) is 0 Å². The molecule has 0 unspecified atom stereocenters. The average Bonchev–Trinajstić information content (AvgIpc) is 2.97. The summed E-state index contributed by atoms with van der Waals surface area (Å²) in [5, 5.41) is 6.45. The van der Waals surface area contributed by atoms with E-state index in [0.717, 1.165) is 43.2 Å². The number of thiazole rings is 1. The van der Waals surface area contributed by atoms with Crippen LogP contribution in [0.1, 0.15) is 23.4 Å². The maximum absolute atomic E-state index is 11.6. The van der Waals surface area contributed by atoms with E-state index in [1.807, 2.05) is 0 Å². The van der Waals surface area contributed by atoms with Crippen molar-refractivity contribution in [1.29, 1.82) is 0 Å². The van der Waals surface area contributed by atoms with E-state index in [1.165, 1.54) is 4.88 Å². The van der Waals surface area contributed by atoms with Crippen molar-refractivity contribution < 1.29 is 4.79 Å². The molecule has 0 radical (unpaired) electrons. The van der Waals surface area contributed by atoms with Crippen molar-refractivity contribution in [2.45, 2.75) is 31.8 Å². The number of urea groups is 1. The molecule has 1 saturated carbocycles. The largest absolute Gasteiger partial charge is 0.335 e. The molecule has 2 aliphatic rings. The number of rotatable bonds is 2. The Morgan fingerprint density at radius 2 is 2.35 bits per heavy atom. The molecular weight excluding hydrogens is 236 g/mol. The molecule has 6 heteroatoms. The molecule has 1 aliphatic carbocycles. The molecule has 92 valence electrons. The van der Waals surface area contributed by atoms with Crippen molar-refractivity contribution in [3.05, 3.63) is 10.6 Å². The van der Waals surface area contributed by atoms with Gasteiger partial charge < -0.3 is 10.2 Å². The third kappa shape index (κ3) is 2.58. The number of anilines is 1. The lowest BCUT2D eigenvalue weighted by atomic mass is 10.2. The van der Waals surface area contributed by atoms with E-state index in [9.17, 15) is 4.79 Å². The fourth-order valence-electron chi connectivity index (χ4n) is 1.92. The second-order valence-corrected chi connectivity index (χ2v) is 5.83. The van der Waals surface area contributed by atoms with E-state index in [-0.39, 0.29) is 6.03 Å². The van der Waals surface area contributed by atoms with Gasteiger partial charge in [0, 0.05) is 30.4 Å². The number of likely N-dealkylation sites (N-methyl/N-ethyl adjacent to an activating group) is 1. The van der Waals surface area contributed by atoms with Gasteiger partial charge in [-0.1, -0.05) is 0 Å². The molecule has 0 bridgehead atoms. The lowest BCUT2D eigenvalue weighted by molar-refractivity contribution is 0.251. The number of nitrogens with one attached hydrogen (secondary N) is 2. The van der Waals surface area contributed by atoms with Crippen LogP contribution in [0.15, 0.2) is 0 Å². The molecule has 1 aromatic rings. The van der Waals surface area contributed by atoms with Gasteiger partial charge in [-0.05, 0) is 19.9 Å². The number of fused-ring (bicyclic) bond motifs is 1. The van der Waals surface area contributed by atoms with Crippen LogP contribution in [0.2, 0.25) is 0 Å². The summed E-state index contributed by atoms with van der Waals surface area (Å²) in [6.07, 6.45) is 3.19. The van der Waals surface area contributed by atoms with E-state index in [1.54, 1.807) is 11.3 Å². The molecule has 1 aliphatic heterocycles. The minimum Gasteiger partial charge on any atom is -0.335 e. The molecule has 17 heavy (non-hydrogen) atoms. The van der Waals surface area contributed by atoms with Crippen LogP contribution in [0.5, 0.6) is 0 Å². The van der Waals surface area contributed by atoms with Gasteiger partial charge >= 0.3 is 6.03 Å². The molecular formula is C11H16N4OS. The summed E-state index contributed by atoms with van der Waals surface area (Å²) in [7, 11) is 2.11. The third-order valence-corrected chi connectivity index (χ3v) is 4.05. The standard InChI is InChI=1S/C11H16N4OS/c1-15-5-4-8-9(6-15)17-11(13-8)14-10(16)12-7-2-3-7/h7H,2-6H2,1H3,(H2,12,13,14,16). The Balaban J connectivity index is 1.65. The first-order valence-corrected chi connectivity index (χ1v) is 6.77. The maximum Gasteiger partial charge on any atom is 0.321 e. The second-order valence-electron chi connectivity index (χ2n) is 4.75. The summed E-state index contributed by atoms with van der Waals surface area (Å²) in [5.74, 6) is 0. The fraction of sp³-hybridized carbons (Fsp3) is 0.636. The molecule has 0 atom stereocenters. The molecule has 0 spiro atoms. The highest BCUT2D eigenvalue weighted by Crippen LogP contribution is 2.27. The number of amides is 2. The van der Waals surface area contributed by atoms with Gasteiger partial charge in [-0.3, -0.25) is 5.32 Å². The molecule has 1 fully saturated rings. The molecule has 2 amide bonds. The lowest BCUT2D eigenvalue weighted by Crippen LogP contribution is -2.30. The minimum absolute atomic E-state index is 0.119. The van der Waals surface area contributed by atoms with Gasteiger partial charge in [0.05, 0.1) is 5.69 Å². The highest BCUT2D eigenvalue weighted by molar-refractivity contribution is 7.15. The second kappa shape index (κ2) is 4.27. The Morgan fingerprint density at radius 1 is 1.53 bits per heavy atom. The van der Waals surface area contributed by atoms with E-state index in [2.05, 4.69) is 27.6 Å². The van der Waals surface area contributed by atoms with Crippen molar-refractivity contribution in [3.8, 4) is 0 Å². The summed E-state index contributed by atoms with van der Waals surface area (Å²) in [6, 6.07) is 0.266. The summed E-state index contributed by atoms with van der Waals surface area (Å²) in [5.41, 5.74) is 1.15. The summed E-state index contributed by atoms with van der Waals surface area (Å²) in [6.45, 7) is 1.99. The average molecular weight is 252 g/mol. The van der Waals surface area contributed by atoms with Crippen LogP contribution >= 0.6 is 11.3 Å². The summed E-state index contributed by atoms with van der Waals surface area (Å²) in [4.78, 5) is 19.6. The first kappa shape index (κ1) is 11.0. The normalized spacial score (nSPS) is 19.8. The van der Waals surface area contributed by atoms with Gasteiger partial charge in [0.2, 0.25) is 0 Å². The molecule has 2 N–H and O–H groups in total. The fourth-order valence-corrected chi connectivity index (χ4v) is 3.01. The Labute approximate surface area is 104 Å². The SMILES string of the molecule is CN1CCc2nc(NC(=O)NC3CC3)sc2C1. The van der Waals surface area contributed by atoms with Crippen molar-refractivity contribution in [2.75, 3.05) is 18.9 Å². The third-order valence-electron chi connectivity index (χ3n) is 3.06.